The van der Waals surface area contributed by atoms with Crippen LogP contribution in [0.4, 0.5) is 0 Å². The monoisotopic (exact) mass is 399 g/mol. The van der Waals surface area contributed by atoms with Gasteiger partial charge in [-0.3, -0.25) is 4.79 Å². The number of imidazole rings is 1. The summed E-state index contributed by atoms with van der Waals surface area (Å²) >= 11 is 0. The summed E-state index contributed by atoms with van der Waals surface area (Å²) in [5.74, 6) is 5.39. The van der Waals surface area contributed by atoms with Crippen LogP contribution in [0.3, 0.4) is 0 Å². The predicted octanol–water partition coefficient (Wildman–Crippen LogP) is 1.97. The Morgan fingerprint density at radius 2 is 2.17 bits per heavy atom. The van der Waals surface area contributed by atoms with Gasteiger partial charge in [0, 0.05) is 43.5 Å². The summed E-state index contributed by atoms with van der Waals surface area (Å²) in [7, 11) is 1.89. The highest BCUT2D eigenvalue weighted by molar-refractivity contribution is 5.92. The molecule has 7 heteroatoms. The number of pyridine rings is 1. The Morgan fingerprint density at radius 1 is 1.33 bits per heavy atom. The van der Waals surface area contributed by atoms with Crippen molar-refractivity contribution in [3.8, 4) is 28.8 Å². The van der Waals surface area contributed by atoms with Crippen LogP contribution in [0, 0.1) is 11.8 Å². The Hall–Kier alpha value is -3.89. The van der Waals surface area contributed by atoms with Crippen LogP contribution in [0.5, 0.6) is 0 Å². The summed E-state index contributed by atoms with van der Waals surface area (Å²) in [6.45, 7) is 4.65. The van der Waals surface area contributed by atoms with E-state index in [1.807, 2.05) is 42.3 Å². The molecule has 1 atom stereocenters. The summed E-state index contributed by atoms with van der Waals surface area (Å²) in [5.41, 5.74) is 7.83. The standard InChI is InChI=1S/C23H21N5O2/c1-16-23(30,8-10-27(16)2)7-6-17-4-3-5-18(12-17)20-13-19(28-11-9-25-15-28)14-21(26-20)22(24)29/h3-5,9,11-15,30H,1,8,10H2,2H3,(H2,24,29)/t23-/m0/s1. The summed E-state index contributed by atoms with van der Waals surface area (Å²) < 4.78 is 1.78. The Balaban J connectivity index is 1.72. The zero-order valence-electron chi connectivity index (χ0n) is 16.5. The SMILES string of the molecule is C=C1N(C)CC[C@@]1(O)C#Cc1cccc(-c2cc(-n3ccnc3)cc(C(N)=O)n2)c1. The number of nitrogens with zero attached hydrogens (tertiary/aromatic N) is 4. The quantitative estimate of drug-likeness (QED) is 0.657. The Labute approximate surface area is 174 Å². The van der Waals surface area contributed by atoms with E-state index in [-0.39, 0.29) is 5.69 Å². The number of benzene rings is 1. The van der Waals surface area contributed by atoms with Gasteiger partial charge < -0.3 is 20.3 Å². The lowest BCUT2D eigenvalue weighted by Gasteiger charge is -2.19. The number of nitrogens with two attached hydrogens (primary N) is 1. The van der Waals surface area contributed by atoms with Crippen LogP contribution in [0.1, 0.15) is 22.5 Å². The van der Waals surface area contributed by atoms with Gasteiger partial charge in [-0.1, -0.05) is 30.6 Å². The van der Waals surface area contributed by atoms with Gasteiger partial charge in [-0.25, -0.2) is 9.97 Å². The Kier molecular flexibility index (Phi) is 4.86. The molecule has 0 unspecified atom stereocenters. The maximum Gasteiger partial charge on any atom is 0.267 e. The minimum Gasteiger partial charge on any atom is -0.375 e. The molecule has 7 nitrogen and oxygen atoms in total. The van der Waals surface area contributed by atoms with E-state index >= 15 is 0 Å². The number of carbonyl (C=O) groups excluding carboxylic acids is 1. The molecule has 30 heavy (non-hydrogen) atoms. The summed E-state index contributed by atoms with van der Waals surface area (Å²) in [6, 6.07) is 10.9. The van der Waals surface area contributed by atoms with Crippen molar-refractivity contribution in [3.05, 3.63) is 78.7 Å². The van der Waals surface area contributed by atoms with E-state index in [2.05, 4.69) is 28.4 Å². The van der Waals surface area contributed by atoms with Gasteiger partial charge in [-0.15, -0.1) is 0 Å². The number of aromatic nitrogens is 3. The molecule has 3 heterocycles. The first-order valence-corrected chi connectivity index (χ1v) is 9.42. The zero-order valence-corrected chi connectivity index (χ0v) is 16.5. The third-order valence-corrected chi connectivity index (χ3v) is 5.18. The minimum absolute atomic E-state index is 0.160. The molecule has 1 aliphatic heterocycles. The van der Waals surface area contributed by atoms with Crippen LogP contribution in [0.15, 0.2) is 67.4 Å². The van der Waals surface area contributed by atoms with Gasteiger partial charge in [0.25, 0.3) is 5.91 Å². The van der Waals surface area contributed by atoms with Crippen molar-refractivity contribution in [2.75, 3.05) is 13.6 Å². The topological polar surface area (TPSA) is 97.3 Å². The van der Waals surface area contributed by atoms with E-state index in [9.17, 15) is 9.90 Å². The molecule has 150 valence electrons. The average molecular weight is 399 g/mol. The van der Waals surface area contributed by atoms with Gasteiger partial charge in [0.15, 0.2) is 5.60 Å². The van der Waals surface area contributed by atoms with E-state index in [4.69, 9.17) is 5.73 Å². The van der Waals surface area contributed by atoms with Crippen molar-refractivity contribution in [1.29, 1.82) is 0 Å². The highest BCUT2D eigenvalue weighted by Crippen LogP contribution is 2.29. The van der Waals surface area contributed by atoms with Gasteiger partial charge in [0.1, 0.15) is 5.69 Å². The van der Waals surface area contributed by atoms with Crippen LogP contribution >= 0.6 is 0 Å². The first kappa shape index (κ1) is 19.4. The zero-order chi connectivity index (χ0) is 21.3. The van der Waals surface area contributed by atoms with E-state index < -0.39 is 11.5 Å². The smallest absolute Gasteiger partial charge is 0.267 e. The molecule has 1 aliphatic rings. The summed E-state index contributed by atoms with van der Waals surface area (Å²) in [5, 5.41) is 10.7. The van der Waals surface area contributed by atoms with Crippen molar-refractivity contribution in [2.24, 2.45) is 5.73 Å². The van der Waals surface area contributed by atoms with E-state index in [0.717, 1.165) is 16.8 Å². The first-order valence-electron chi connectivity index (χ1n) is 9.42. The Morgan fingerprint density at radius 3 is 2.83 bits per heavy atom. The number of rotatable bonds is 3. The minimum atomic E-state index is -1.22. The number of hydrogen-bond acceptors (Lipinski definition) is 5. The van der Waals surface area contributed by atoms with Crippen molar-refractivity contribution in [1.82, 2.24) is 19.4 Å². The highest BCUT2D eigenvalue weighted by atomic mass is 16.3. The van der Waals surface area contributed by atoms with E-state index in [0.29, 0.717) is 24.4 Å². The molecule has 0 saturated carbocycles. The predicted molar refractivity (Wildman–Crippen MR) is 114 cm³/mol. The second-order valence-corrected chi connectivity index (χ2v) is 7.24. The average Bonchev–Trinajstić information content (AvgIpc) is 3.38. The second kappa shape index (κ2) is 7.50. The number of primary amides is 1. The fraction of sp³-hybridized carbons (Fsp3) is 0.174. The largest absolute Gasteiger partial charge is 0.375 e. The lowest BCUT2D eigenvalue weighted by molar-refractivity contribution is 0.0995. The van der Waals surface area contributed by atoms with Gasteiger partial charge in [0.05, 0.1) is 23.4 Å². The number of likely N-dealkylation sites (N-methyl/N-ethyl adjacent to an activating group) is 1. The molecule has 1 fully saturated rings. The van der Waals surface area contributed by atoms with Crippen LogP contribution in [-0.2, 0) is 0 Å². The molecule has 1 aromatic carbocycles. The van der Waals surface area contributed by atoms with Gasteiger partial charge >= 0.3 is 0 Å². The van der Waals surface area contributed by atoms with Crippen LogP contribution in [0.2, 0.25) is 0 Å². The fourth-order valence-electron chi connectivity index (χ4n) is 3.34. The van der Waals surface area contributed by atoms with Crippen molar-refractivity contribution >= 4 is 5.91 Å². The van der Waals surface area contributed by atoms with Crippen LogP contribution in [0.25, 0.3) is 16.9 Å². The molecule has 0 aliphatic carbocycles. The first-order chi connectivity index (χ1) is 14.4. The molecular formula is C23H21N5O2. The molecule has 0 spiro atoms. The maximum absolute atomic E-state index is 11.8. The molecule has 3 N–H and O–H groups in total. The third-order valence-electron chi connectivity index (χ3n) is 5.18. The molecular weight excluding hydrogens is 378 g/mol. The lowest BCUT2D eigenvalue weighted by Crippen LogP contribution is -2.26. The third kappa shape index (κ3) is 3.69. The molecule has 2 aromatic heterocycles. The van der Waals surface area contributed by atoms with Crippen molar-refractivity contribution in [2.45, 2.75) is 12.0 Å². The molecule has 3 aromatic rings. The normalized spacial score (nSPS) is 18.2. The molecule has 0 bridgehead atoms. The molecule has 1 amide bonds. The summed E-state index contributed by atoms with van der Waals surface area (Å²) in [4.78, 5) is 22.1. The maximum atomic E-state index is 11.8. The van der Waals surface area contributed by atoms with Gasteiger partial charge in [-0.2, -0.15) is 0 Å². The van der Waals surface area contributed by atoms with E-state index in [1.165, 1.54) is 0 Å². The number of carbonyl (C=O) groups is 1. The van der Waals surface area contributed by atoms with Crippen molar-refractivity contribution < 1.29 is 9.90 Å². The number of likely N-dealkylation sites (tertiary alicyclic amines) is 1. The van der Waals surface area contributed by atoms with E-state index in [1.54, 1.807) is 29.4 Å². The summed E-state index contributed by atoms with van der Waals surface area (Å²) in [6.07, 6.45) is 5.58. The van der Waals surface area contributed by atoms with Gasteiger partial charge in [-0.05, 0) is 24.3 Å². The molecule has 0 radical (unpaired) electrons. The number of hydrogen-bond donors (Lipinski definition) is 2. The van der Waals surface area contributed by atoms with Crippen LogP contribution in [-0.4, -0.2) is 49.6 Å². The van der Waals surface area contributed by atoms with Crippen LogP contribution < -0.4 is 5.73 Å². The lowest BCUT2D eigenvalue weighted by atomic mass is 10.00. The number of amides is 1. The van der Waals surface area contributed by atoms with Crippen molar-refractivity contribution in [3.63, 3.8) is 0 Å². The number of aliphatic hydroxyl groups is 1. The Bertz CT molecular complexity index is 1190. The highest BCUT2D eigenvalue weighted by Gasteiger charge is 2.36. The fourth-order valence-corrected chi connectivity index (χ4v) is 3.34. The molecule has 1 saturated heterocycles. The second-order valence-electron chi connectivity index (χ2n) is 7.24. The van der Waals surface area contributed by atoms with Gasteiger partial charge in [0.2, 0.25) is 0 Å². The molecule has 4 rings (SSSR count).